The standard InChI is InChI=1S/C27H20IN3O7/c1-35-20-8-5-9-21-17(20)12-23(38-21)26-30-19-7-4-3-6-16(19)27(34)31(26)29-13-15-10-18(28)25(22(11-15)36-2)37-14-24(32)33/h3-13H,14H2,1-2H3,(H,32,33). The van der Waals surface area contributed by atoms with E-state index in [1.807, 2.05) is 34.7 Å². The number of hydrogen-bond donors (Lipinski definition) is 1. The second kappa shape index (κ2) is 10.5. The molecule has 0 spiro atoms. The van der Waals surface area contributed by atoms with E-state index in [4.69, 9.17) is 23.7 Å². The molecule has 5 aromatic rings. The van der Waals surface area contributed by atoms with Crippen LogP contribution in [0.25, 0.3) is 33.5 Å². The summed E-state index contributed by atoms with van der Waals surface area (Å²) >= 11 is 2.02. The molecule has 0 amide bonds. The summed E-state index contributed by atoms with van der Waals surface area (Å²) in [5.41, 5.74) is 1.29. The van der Waals surface area contributed by atoms with Crippen LogP contribution in [0.4, 0.5) is 0 Å². The van der Waals surface area contributed by atoms with E-state index in [0.717, 1.165) is 5.39 Å². The highest BCUT2D eigenvalue weighted by molar-refractivity contribution is 14.1. The van der Waals surface area contributed by atoms with Gasteiger partial charge in [0.2, 0.25) is 5.82 Å². The van der Waals surface area contributed by atoms with Crippen LogP contribution in [0.3, 0.4) is 0 Å². The first-order chi connectivity index (χ1) is 18.4. The lowest BCUT2D eigenvalue weighted by molar-refractivity contribution is -0.139. The van der Waals surface area contributed by atoms with Crippen molar-refractivity contribution < 1.29 is 28.5 Å². The Labute approximate surface area is 229 Å². The Bertz CT molecular complexity index is 1770. The van der Waals surface area contributed by atoms with Crippen LogP contribution in [0.15, 0.2) is 75.0 Å². The third-order valence-electron chi connectivity index (χ3n) is 5.63. The number of carboxylic acid groups (broad SMARTS) is 1. The lowest BCUT2D eigenvalue weighted by Gasteiger charge is -2.12. The van der Waals surface area contributed by atoms with Gasteiger partial charge in [-0.3, -0.25) is 4.79 Å². The first-order valence-electron chi connectivity index (χ1n) is 11.2. The molecule has 3 aromatic carbocycles. The zero-order valence-corrected chi connectivity index (χ0v) is 22.3. The van der Waals surface area contributed by atoms with Crippen molar-refractivity contribution in [2.24, 2.45) is 5.10 Å². The van der Waals surface area contributed by atoms with Crippen LogP contribution in [0.1, 0.15) is 5.56 Å². The Morgan fingerprint density at radius 2 is 1.87 bits per heavy atom. The summed E-state index contributed by atoms with van der Waals surface area (Å²) in [6.45, 7) is -0.510. The molecule has 0 aliphatic carbocycles. The Hall–Kier alpha value is -4.39. The van der Waals surface area contributed by atoms with Gasteiger partial charge in [0, 0.05) is 0 Å². The van der Waals surface area contributed by atoms with Crippen molar-refractivity contribution in [2.45, 2.75) is 0 Å². The number of benzene rings is 3. The zero-order valence-electron chi connectivity index (χ0n) is 20.2. The number of ether oxygens (including phenoxy) is 3. The molecule has 0 saturated heterocycles. The summed E-state index contributed by atoms with van der Waals surface area (Å²) in [5.74, 6) is 0.706. The minimum atomic E-state index is -1.10. The molecule has 0 atom stereocenters. The van der Waals surface area contributed by atoms with Crippen LogP contribution in [0.2, 0.25) is 0 Å². The lowest BCUT2D eigenvalue weighted by Crippen LogP contribution is -2.20. The number of carbonyl (C=O) groups is 1. The minimum Gasteiger partial charge on any atom is -0.496 e. The van der Waals surface area contributed by atoms with Crippen molar-refractivity contribution in [1.29, 1.82) is 0 Å². The fraction of sp³-hybridized carbons (Fsp3) is 0.111. The van der Waals surface area contributed by atoms with Crippen molar-refractivity contribution >= 4 is 56.6 Å². The summed E-state index contributed by atoms with van der Waals surface area (Å²) < 4.78 is 24.0. The number of methoxy groups -OCH3 is 2. The van der Waals surface area contributed by atoms with Gasteiger partial charge >= 0.3 is 5.97 Å². The van der Waals surface area contributed by atoms with E-state index in [9.17, 15) is 9.59 Å². The topological polar surface area (TPSA) is 125 Å². The third-order valence-corrected chi connectivity index (χ3v) is 6.43. The summed E-state index contributed by atoms with van der Waals surface area (Å²) in [7, 11) is 3.02. The van der Waals surface area contributed by atoms with E-state index in [-0.39, 0.29) is 11.4 Å². The second-order valence-electron chi connectivity index (χ2n) is 8.01. The first-order valence-corrected chi connectivity index (χ1v) is 12.3. The van der Waals surface area contributed by atoms with Gasteiger partial charge in [-0.25, -0.2) is 9.78 Å². The molecule has 2 heterocycles. The van der Waals surface area contributed by atoms with Crippen molar-refractivity contribution in [3.8, 4) is 28.8 Å². The number of halogens is 1. The van der Waals surface area contributed by atoms with E-state index < -0.39 is 12.6 Å². The van der Waals surface area contributed by atoms with Crippen LogP contribution in [-0.4, -0.2) is 47.8 Å². The molecule has 5 rings (SSSR count). The monoisotopic (exact) mass is 625 g/mol. The van der Waals surface area contributed by atoms with Gasteiger partial charge in [-0.15, -0.1) is 0 Å². The van der Waals surface area contributed by atoms with Crippen LogP contribution < -0.4 is 19.8 Å². The Kier molecular flexibility index (Phi) is 7.01. The average molecular weight is 625 g/mol. The van der Waals surface area contributed by atoms with Crippen molar-refractivity contribution in [3.63, 3.8) is 0 Å². The molecule has 0 aliphatic rings. The number of rotatable bonds is 8. The molecule has 0 aliphatic heterocycles. The third kappa shape index (κ3) is 4.79. The van der Waals surface area contributed by atoms with E-state index in [1.165, 1.54) is 18.0 Å². The van der Waals surface area contributed by atoms with Gasteiger partial charge in [0.15, 0.2) is 23.9 Å². The van der Waals surface area contributed by atoms with E-state index in [1.54, 1.807) is 55.6 Å². The zero-order chi connectivity index (χ0) is 26.8. The Morgan fingerprint density at radius 3 is 2.63 bits per heavy atom. The summed E-state index contributed by atoms with van der Waals surface area (Å²) in [5, 5.41) is 14.5. The fourth-order valence-electron chi connectivity index (χ4n) is 3.93. The summed E-state index contributed by atoms with van der Waals surface area (Å²) in [6, 6.07) is 17.6. The number of furan rings is 1. The number of carboxylic acids is 1. The predicted octanol–water partition coefficient (Wildman–Crippen LogP) is 4.78. The normalized spacial score (nSPS) is 11.3. The van der Waals surface area contributed by atoms with Crippen LogP contribution in [0, 0.1) is 3.57 Å². The quantitative estimate of drug-likeness (QED) is 0.193. The van der Waals surface area contributed by atoms with Gasteiger partial charge in [-0.1, -0.05) is 18.2 Å². The molecule has 11 heteroatoms. The van der Waals surface area contributed by atoms with Gasteiger partial charge in [0.1, 0.15) is 11.3 Å². The van der Waals surface area contributed by atoms with E-state index >= 15 is 0 Å². The van der Waals surface area contributed by atoms with Crippen molar-refractivity contribution in [1.82, 2.24) is 9.66 Å². The molecule has 0 unspecified atom stereocenters. The molecule has 10 nitrogen and oxygen atoms in total. The summed E-state index contributed by atoms with van der Waals surface area (Å²) in [4.78, 5) is 29.1. The first kappa shape index (κ1) is 25.3. The molecule has 0 saturated carbocycles. The highest BCUT2D eigenvalue weighted by atomic mass is 127. The Balaban J connectivity index is 1.64. The van der Waals surface area contributed by atoms with Gasteiger partial charge in [0.05, 0.1) is 40.3 Å². The van der Waals surface area contributed by atoms with E-state index in [0.29, 0.717) is 48.6 Å². The minimum absolute atomic E-state index is 0.214. The molecule has 2 aromatic heterocycles. The van der Waals surface area contributed by atoms with Crippen molar-refractivity contribution in [3.05, 3.63) is 80.2 Å². The second-order valence-corrected chi connectivity index (χ2v) is 9.18. The lowest BCUT2D eigenvalue weighted by atomic mass is 10.2. The number of nitrogens with zero attached hydrogens (tertiary/aromatic N) is 3. The number of aromatic nitrogens is 2. The fourth-order valence-corrected chi connectivity index (χ4v) is 4.71. The number of para-hydroxylation sites is 1. The van der Waals surface area contributed by atoms with Crippen LogP contribution in [-0.2, 0) is 4.79 Å². The Morgan fingerprint density at radius 1 is 1.08 bits per heavy atom. The van der Waals surface area contributed by atoms with E-state index in [2.05, 4.69) is 10.1 Å². The summed E-state index contributed by atoms with van der Waals surface area (Å²) in [6.07, 6.45) is 1.48. The highest BCUT2D eigenvalue weighted by Crippen LogP contribution is 2.34. The molecule has 0 radical (unpaired) electrons. The maximum Gasteiger partial charge on any atom is 0.341 e. The maximum atomic E-state index is 13.5. The highest BCUT2D eigenvalue weighted by Gasteiger charge is 2.18. The largest absolute Gasteiger partial charge is 0.496 e. The van der Waals surface area contributed by atoms with Gasteiger partial charge in [-0.05, 0) is 70.6 Å². The van der Waals surface area contributed by atoms with Crippen molar-refractivity contribution in [2.75, 3.05) is 20.8 Å². The molecule has 38 heavy (non-hydrogen) atoms. The average Bonchev–Trinajstić information content (AvgIpc) is 3.36. The predicted molar refractivity (Wildman–Crippen MR) is 150 cm³/mol. The molecular weight excluding hydrogens is 605 g/mol. The maximum absolute atomic E-state index is 13.5. The van der Waals surface area contributed by atoms with Gasteiger partial charge in [0.25, 0.3) is 5.56 Å². The molecule has 192 valence electrons. The SMILES string of the molecule is COc1cc(C=Nn2c(-c3cc4c(OC)cccc4o3)nc3ccccc3c2=O)cc(I)c1OCC(=O)O. The van der Waals surface area contributed by atoms with Gasteiger partial charge < -0.3 is 23.7 Å². The smallest absolute Gasteiger partial charge is 0.341 e. The molecule has 0 fully saturated rings. The number of fused-ring (bicyclic) bond motifs is 2. The molecule has 1 N–H and O–H groups in total. The molecular formula is C27H20IN3O7. The number of hydrogen-bond acceptors (Lipinski definition) is 8. The van der Waals surface area contributed by atoms with Gasteiger partial charge in [-0.2, -0.15) is 9.78 Å². The van der Waals surface area contributed by atoms with Crippen LogP contribution in [0.5, 0.6) is 17.2 Å². The number of aliphatic carboxylic acids is 1. The molecule has 0 bridgehead atoms. The van der Waals surface area contributed by atoms with Crippen LogP contribution >= 0.6 is 22.6 Å².